The van der Waals surface area contributed by atoms with Gasteiger partial charge in [-0.3, -0.25) is 9.69 Å². The number of rotatable bonds is 5. The predicted octanol–water partition coefficient (Wildman–Crippen LogP) is 6.60. The lowest BCUT2D eigenvalue weighted by Gasteiger charge is -2.56. The summed E-state index contributed by atoms with van der Waals surface area (Å²) in [5.74, 6) is 2.55. The van der Waals surface area contributed by atoms with Crippen molar-refractivity contribution in [3.8, 4) is 5.69 Å². The summed E-state index contributed by atoms with van der Waals surface area (Å²) < 4.78 is 1.96. The van der Waals surface area contributed by atoms with Gasteiger partial charge in [0.2, 0.25) is 0 Å². The van der Waals surface area contributed by atoms with Crippen molar-refractivity contribution in [1.82, 2.24) is 19.6 Å². The second kappa shape index (κ2) is 9.69. The van der Waals surface area contributed by atoms with Gasteiger partial charge in [-0.2, -0.15) is 5.10 Å². The Labute approximate surface area is 234 Å². The highest BCUT2D eigenvalue weighted by atomic mass is 35.5. The van der Waals surface area contributed by atoms with Crippen molar-refractivity contribution in [1.29, 1.82) is 0 Å². The fourth-order valence-electron chi connectivity index (χ4n) is 8.21. The van der Waals surface area contributed by atoms with Gasteiger partial charge in [0.15, 0.2) is 0 Å². The third-order valence-electron chi connectivity index (χ3n) is 9.56. The monoisotopic (exact) mass is 548 g/mol. The number of nitrogens with zero attached hydrogens (tertiary/aromatic N) is 4. The van der Waals surface area contributed by atoms with Gasteiger partial charge in [0, 0.05) is 44.3 Å². The van der Waals surface area contributed by atoms with Crippen LogP contribution in [0.2, 0.25) is 10.0 Å². The van der Waals surface area contributed by atoms with Crippen LogP contribution in [-0.4, -0.2) is 51.7 Å². The Bertz CT molecular complexity index is 1310. The lowest BCUT2D eigenvalue weighted by molar-refractivity contribution is -0.00793. The molecule has 2 aromatic carbocycles. The molecule has 1 amide bonds. The number of hydrogen-bond acceptors (Lipinski definition) is 3. The summed E-state index contributed by atoms with van der Waals surface area (Å²) in [4.78, 5) is 18.6. The molecule has 3 aromatic rings. The Balaban J connectivity index is 1.14. The first-order chi connectivity index (χ1) is 18.5. The first kappa shape index (κ1) is 24.7. The molecule has 2 heterocycles. The number of benzene rings is 2. The number of carbonyl (C=O) groups excluding carboxylic acids is 1. The molecule has 8 rings (SSSR count). The summed E-state index contributed by atoms with van der Waals surface area (Å²) in [6, 6.07) is 16.1. The van der Waals surface area contributed by atoms with E-state index in [9.17, 15) is 4.79 Å². The van der Waals surface area contributed by atoms with Gasteiger partial charge in [0.25, 0.3) is 5.91 Å². The van der Waals surface area contributed by atoms with E-state index in [1.807, 2.05) is 52.2 Å². The smallest absolute Gasteiger partial charge is 0.257 e. The average molecular weight is 550 g/mol. The van der Waals surface area contributed by atoms with Crippen LogP contribution in [0.25, 0.3) is 5.69 Å². The molecule has 1 aromatic heterocycles. The molecule has 4 aliphatic carbocycles. The third-order valence-corrected chi connectivity index (χ3v) is 10.3. The molecule has 0 atom stereocenters. The number of aromatic nitrogens is 2. The molecule has 0 N–H and O–H groups in total. The maximum absolute atomic E-state index is 14.1. The number of halogens is 2. The molecule has 0 radical (unpaired) electrons. The van der Waals surface area contributed by atoms with E-state index in [-0.39, 0.29) is 11.3 Å². The highest BCUT2D eigenvalue weighted by Gasteiger charge is 2.54. The van der Waals surface area contributed by atoms with Crippen molar-refractivity contribution >= 4 is 29.1 Å². The number of piperazine rings is 1. The Morgan fingerprint density at radius 3 is 2.16 bits per heavy atom. The number of para-hydroxylation sites is 1. The molecule has 0 unspecified atom stereocenters. The SMILES string of the molecule is O=C(c1cn(-c2ccccc2)nc1C12CC3CC(CC(C3)C1)C2)N1CCN(Cc2ccc(Cl)c(Cl)c2)CC1. The largest absolute Gasteiger partial charge is 0.336 e. The van der Waals surface area contributed by atoms with Crippen LogP contribution in [0, 0.1) is 17.8 Å². The van der Waals surface area contributed by atoms with Crippen molar-refractivity contribution in [2.75, 3.05) is 26.2 Å². The van der Waals surface area contributed by atoms with Gasteiger partial charge in [0.05, 0.1) is 27.0 Å². The summed E-state index contributed by atoms with van der Waals surface area (Å²) in [6.45, 7) is 3.92. The van der Waals surface area contributed by atoms with Crippen molar-refractivity contribution in [3.63, 3.8) is 0 Å². The molecule has 198 valence electrons. The van der Waals surface area contributed by atoms with E-state index in [0.717, 1.165) is 73.0 Å². The topological polar surface area (TPSA) is 41.4 Å². The maximum Gasteiger partial charge on any atom is 0.257 e. The molecule has 0 spiro atoms. The molecule has 5 fully saturated rings. The predicted molar refractivity (Wildman–Crippen MR) is 151 cm³/mol. The molecular formula is C31H34Cl2N4O. The van der Waals surface area contributed by atoms with Gasteiger partial charge in [-0.1, -0.05) is 47.5 Å². The van der Waals surface area contributed by atoms with Crippen LogP contribution in [0.4, 0.5) is 0 Å². The Morgan fingerprint density at radius 2 is 1.53 bits per heavy atom. The van der Waals surface area contributed by atoms with E-state index in [1.54, 1.807) is 0 Å². The zero-order valence-electron chi connectivity index (χ0n) is 21.7. The number of amides is 1. The Morgan fingerprint density at radius 1 is 0.868 bits per heavy atom. The van der Waals surface area contributed by atoms with Crippen LogP contribution in [0.5, 0.6) is 0 Å². The third kappa shape index (κ3) is 4.47. The fraction of sp³-hybridized carbons (Fsp3) is 0.484. The highest BCUT2D eigenvalue weighted by molar-refractivity contribution is 6.42. The minimum Gasteiger partial charge on any atom is -0.336 e. The summed E-state index contributed by atoms with van der Waals surface area (Å²) in [7, 11) is 0. The van der Waals surface area contributed by atoms with E-state index < -0.39 is 0 Å². The van der Waals surface area contributed by atoms with Crippen molar-refractivity contribution in [2.45, 2.75) is 50.5 Å². The second-order valence-corrected chi connectivity index (χ2v) is 13.0. The summed E-state index contributed by atoms with van der Waals surface area (Å²) in [6.07, 6.45) is 9.75. The minimum absolute atomic E-state index is 0.0649. The maximum atomic E-state index is 14.1. The standard InChI is InChI=1S/C31H34Cl2N4O/c32-27-7-6-21(15-28(27)33)19-35-8-10-36(11-9-35)30(38)26-20-37(25-4-2-1-3-5-25)34-29(26)31-16-22-12-23(17-31)14-24(13-22)18-31/h1-7,15,20,22-24H,8-14,16-19H2. The van der Waals surface area contributed by atoms with E-state index in [1.165, 1.54) is 38.5 Å². The minimum atomic E-state index is 0.0649. The van der Waals surface area contributed by atoms with Crippen LogP contribution in [0.1, 0.15) is 60.1 Å². The molecule has 5 nitrogen and oxygen atoms in total. The normalized spacial score (nSPS) is 28.7. The van der Waals surface area contributed by atoms with Gasteiger partial charge in [-0.05, 0) is 86.1 Å². The number of hydrogen-bond donors (Lipinski definition) is 0. The summed E-state index contributed by atoms with van der Waals surface area (Å²) >= 11 is 12.3. The Hall–Kier alpha value is -2.34. The van der Waals surface area contributed by atoms with Crippen LogP contribution < -0.4 is 0 Å². The average Bonchev–Trinajstić information content (AvgIpc) is 3.37. The van der Waals surface area contributed by atoms with E-state index in [2.05, 4.69) is 17.0 Å². The molecule has 7 heteroatoms. The van der Waals surface area contributed by atoms with Crippen molar-refractivity contribution in [2.24, 2.45) is 17.8 Å². The molecule has 4 bridgehead atoms. The van der Waals surface area contributed by atoms with Crippen LogP contribution in [0.15, 0.2) is 54.7 Å². The molecule has 38 heavy (non-hydrogen) atoms. The highest BCUT2D eigenvalue weighted by Crippen LogP contribution is 2.61. The first-order valence-electron chi connectivity index (χ1n) is 14.1. The van der Waals surface area contributed by atoms with Gasteiger partial charge >= 0.3 is 0 Å². The van der Waals surface area contributed by atoms with E-state index in [4.69, 9.17) is 28.3 Å². The van der Waals surface area contributed by atoms with Gasteiger partial charge in [0.1, 0.15) is 0 Å². The number of carbonyl (C=O) groups is 1. The lowest BCUT2D eigenvalue weighted by Crippen LogP contribution is -2.51. The lowest BCUT2D eigenvalue weighted by atomic mass is 9.48. The van der Waals surface area contributed by atoms with Gasteiger partial charge < -0.3 is 4.90 Å². The molecule has 5 aliphatic rings. The molecule has 1 aliphatic heterocycles. The van der Waals surface area contributed by atoms with Crippen LogP contribution in [0.3, 0.4) is 0 Å². The Kier molecular flexibility index (Phi) is 6.29. The summed E-state index contributed by atoms with van der Waals surface area (Å²) in [5, 5.41) is 6.38. The van der Waals surface area contributed by atoms with Crippen LogP contribution in [-0.2, 0) is 12.0 Å². The van der Waals surface area contributed by atoms with Gasteiger partial charge in [-0.15, -0.1) is 0 Å². The zero-order chi connectivity index (χ0) is 25.9. The van der Waals surface area contributed by atoms with Gasteiger partial charge in [-0.25, -0.2) is 4.68 Å². The fourth-order valence-corrected chi connectivity index (χ4v) is 8.53. The van der Waals surface area contributed by atoms with E-state index >= 15 is 0 Å². The molecule has 1 saturated heterocycles. The van der Waals surface area contributed by atoms with Crippen LogP contribution >= 0.6 is 23.2 Å². The van der Waals surface area contributed by atoms with Crippen molar-refractivity contribution < 1.29 is 4.79 Å². The summed E-state index contributed by atoms with van der Waals surface area (Å²) in [5.41, 5.74) is 4.13. The van der Waals surface area contributed by atoms with Crippen molar-refractivity contribution in [3.05, 3.63) is 81.6 Å². The quantitative estimate of drug-likeness (QED) is 0.360. The van der Waals surface area contributed by atoms with E-state index in [0.29, 0.717) is 10.0 Å². The zero-order valence-corrected chi connectivity index (χ0v) is 23.2. The molecular weight excluding hydrogens is 515 g/mol. The first-order valence-corrected chi connectivity index (χ1v) is 14.8. The second-order valence-electron chi connectivity index (χ2n) is 12.2. The molecule has 4 saturated carbocycles.